The van der Waals surface area contributed by atoms with Gasteiger partial charge in [0.1, 0.15) is 10.5 Å². The van der Waals surface area contributed by atoms with Gasteiger partial charge in [-0.2, -0.15) is 0 Å². The summed E-state index contributed by atoms with van der Waals surface area (Å²) >= 11 is 1.67. The third kappa shape index (κ3) is 2.34. The van der Waals surface area contributed by atoms with Crippen molar-refractivity contribution in [3.63, 3.8) is 0 Å². The van der Waals surface area contributed by atoms with Gasteiger partial charge in [-0.1, -0.05) is 12.1 Å². The summed E-state index contributed by atoms with van der Waals surface area (Å²) < 4.78 is 7.02. The van der Waals surface area contributed by atoms with Crippen LogP contribution >= 0.6 is 11.3 Å². The number of nitrogens with one attached hydrogen (secondary N) is 1. The van der Waals surface area contributed by atoms with Crippen LogP contribution < -0.4 is 0 Å². The first-order valence-electron chi connectivity index (χ1n) is 8.53. The van der Waals surface area contributed by atoms with Crippen LogP contribution in [0.1, 0.15) is 0 Å². The van der Waals surface area contributed by atoms with E-state index in [1.54, 1.807) is 17.7 Å². The van der Waals surface area contributed by atoms with E-state index in [0.717, 1.165) is 48.5 Å². The Morgan fingerprint density at radius 3 is 2.67 bits per heavy atom. The van der Waals surface area contributed by atoms with E-state index in [0.29, 0.717) is 5.89 Å². The van der Waals surface area contributed by atoms with Gasteiger partial charge in [-0.25, -0.2) is 15.0 Å². The van der Waals surface area contributed by atoms with Gasteiger partial charge in [0.15, 0.2) is 5.58 Å². The fraction of sp³-hybridized carbons (Fsp3) is 0. The Balaban J connectivity index is 1.46. The van der Waals surface area contributed by atoms with Crippen LogP contribution in [-0.4, -0.2) is 19.9 Å². The number of rotatable bonds is 2. The molecule has 1 N–H and O–H groups in total. The summed E-state index contributed by atoms with van der Waals surface area (Å²) in [7, 11) is 0. The second-order valence-corrected chi connectivity index (χ2v) is 7.35. The largest absolute Gasteiger partial charge is 0.436 e. The van der Waals surface area contributed by atoms with Crippen molar-refractivity contribution >= 4 is 43.7 Å². The molecule has 0 saturated heterocycles. The van der Waals surface area contributed by atoms with Gasteiger partial charge in [0, 0.05) is 11.1 Å². The predicted molar refractivity (Wildman–Crippen MR) is 108 cm³/mol. The number of benzene rings is 3. The summed E-state index contributed by atoms with van der Waals surface area (Å²) in [5, 5.41) is 0.976. The molecule has 0 bridgehead atoms. The molecular formula is C21H12N4OS. The number of imidazole rings is 1. The van der Waals surface area contributed by atoms with Crippen LogP contribution in [0.25, 0.3) is 54.4 Å². The van der Waals surface area contributed by atoms with Crippen LogP contribution in [0.5, 0.6) is 0 Å². The van der Waals surface area contributed by atoms with Crippen molar-refractivity contribution in [1.29, 1.82) is 0 Å². The summed E-state index contributed by atoms with van der Waals surface area (Å²) in [6, 6.07) is 20.1. The van der Waals surface area contributed by atoms with Crippen LogP contribution in [0, 0.1) is 0 Å². The second kappa shape index (κ2) is 5.49. The van der Waals surface area contributed by atoms with Crippen LogP contribution in [0.4, 0.5) is 0 Å². The second-order valence-electron chi connectivity index (χ2n) is 6.32. The minimum absolute atomic E-state index is 0.616. The van der Waals surface area contributed by atoms with Gasteiger partial charge in [-0.15, -0.1) is 11.3 Å². The van der Waals surface area contributed by atoms with Gasteiger partial charge in [0.05, 0.1) is 27.6 Å². The Hall–Kier alpha value is -3.51. The zero-order chi connectivity index (χ0) is 17.8. The minimum atomic E-state index is 0.616. The summed E-state index contributed by atoms with van der Waals surface area (Å²) in [4.78, 5) is 16.9. The number of hydrogen-bond donors (Lipinski definition) is 1. The van der Waals surface area contributed by atoms with Crippen LogP contribution in [-0.2, 0) is 0 Å². The third-order valence-electron chi connectivity index (χ3n) is 4.60. The minimum Gasteiger partial charge on any atom is -0.436 e. The number of fused-ring (bicyclic) bond motifs is 3. The lowest BCUT2D eigenvalue weighted by atomic mass is 10.2. The lowest BCUT2D eigenvalue weighted by molar-refractivity contribution is 0.620. The Kier molecular flexibility index (Phi) is 2.98. The lowest BCUT2D eigenvalue weighted by Gasteiger charge is -1.95. The van der Waals surface area contributed by atoms with Gasteiger partial charge in [0.25, 0.3) is 0 Å². The number of aromatic nitrogens is 4. The number of oxazole rings is 1. The van der Waals surface area contributed by atoms with Crippen molar-refractivity contribution in [3.05, 3.63) is 67.0 Å². The molecule has 128 valence electrons. The fourth-order valence-electron chi connectivity index (χ4n) is 3.24. The first kappa shape index (κ1) is 14.6. The van der Waals surface area contributed by atoms with Crippen molar-refractivity contribution in [2.75, 3.05) is 0 Å². The van der Waals surface area contributed by atoms with Gasteiger partial charge in [-0.3, -0.25) is 0 Å². The maximum atomic E-state index is 5.89. The molecule has 6 rings (SSSR count). The first-order valence-corrected chi connectivity index (χ1v) is 9.35. The smallest absolute Gasteiger partial charge is 0.227 e. The first-order chi connectivity index (χ1) is 13.3. The van der Waals surface area contributed by atoms with Crippen molar-refractivity contribution in [1.82, 2.24) is 19.9 Å². The average Bonchev–Trinajstić information content (AvgIpc) is 3.42. The predicted octanol–water partition coefficient (Wildman–Crippen LogP) is 5.65. The normalized spacial score (nSPS) is 11.7. The number of thiazole rings is 1. The van der Waals surface area contributed by atoms with E-state index in [4.69, 9.17) is 9.40 Å². The van der Waals surface area contributed by atoms with Gasteiger partial charge < -0.3 is 9.40 Å². The van der Waals surface area contributed by atoms with Crippen LogP contribution in [0.2, 0.25) is 0 Å². The number of para-hydroxylation sites is 2. The molecule has 0 unspecified atom stereocenters. The molecule has 3 heterocycles. The molecule has 0 aliphatic heterocycles. The molecular weight excluding hydrogens is 356 g/mol. The molecule has 0 atom stereocenters. The molecule has 6 aromatic rings. The maximum Gasteiger partial charge on any atom is 0.227 e. The average molecular weight is 368 g/mol. The molecule has 6 heteroatoms. The van der Waals surface area contributed by atoms with E-state index < -0.39 is 0 Å². The van der Waals surface area contributed by atoms with E-state index in [1.807, 2.05) is 42.5 Å². The highest BCUT2D eigenvalue weighted by atomic mass is 32.1. The molecule has 27 heavy (non-hydrogen) atoms. The summed E-state index contributed by atoms with van der Waals surface area (Å²) in [5.41, 5.74) is 6.56. The highest BCUT2D eigenvalue weighted by Crippen LogP contribution is 2.34. The van der Waals surface area contributed by atoms with E-state index in [-0.39, 0.29) is 0 Å². The van der Waals surface area contributed by atoms with Crippen LogP contribution in [0.3, 0.4) is 0 Å². The summed E-state index contributed by atoms with van der Waals surface area (Å²) in [6.45, 7) is 0. The number of aromatic amines is 1. The zero-order valence-electron chi connectivity index (χ0n) is 14.0. The lowest BCUT2D eigenvalue weighted by Crippen LogP contribution is -1.79. The number of hydrogen-bond acceptors (Lipinski definition) is 5. The number of H-pyrrole nitrogens is 1. The molecule has 0 aliphatic carbocycles. The molecule has 0 aliphatic rings. The molecule has 3 aromatic carbocycles. The Morgan fingerprint density at radius 2 is 1.70 bits per heavy atom. The van der Waals surface area contributed by atoms with E-state index in [1.165, 1.54) is 0 Å². The topological polar surface area (TPSA) is 67.6 Å². The molecule has 5 nitrogen and oxygen atoms in total. The molecule has 3 aromatic heterocycles. The van der Waals surface area contributed by atoms with Crippen molar-refractivity contribution < 1.29 is 4.42 Å². The highest BCUT2D eigenvalue weighted by molar-refractivity contribution is 7.21. The summed E-state index contributed by atoms with van der Waals surface area (Å²) in [5.74, 6) is 0.616. The molecule has 0 fully saturated rings. The SMILES string of the molecule is c1ccc2oc(-c3ccc4sc(-c5ccc6[nH]cnc6c5)nc4c3)nc2c1. The maximum absolute atomic E-state index is 5.89. The van der Waals surface area contributed by atoms with Crippen molar-refractivity contribution in [2.45, 2.75) is 0 Å². The zero-order valence-corrected chi connectivity index (χ0v) is 14.8. The monoisotopic (exact) mass is 368 g/mol. The fourth-order valence-corrected chi connectivity index (χ4v) is 4.19. The highest BCUT2D eigenvalue weighted by Gasteiger charge is 2.12. The Labute approximate surface area is 157 Å². The Morgan fingerprint density at radius 1 is 0.815 bits per heavy atom. The van der Waals surface area contributed by atoms with Crippen molar-refractivity contribution in [3.8, 4) is 22.0 Å². The van der Waals surface area contributed by atoms with Gasteiger partial charge >= 0.3 is 0 Å². The Bertz CT molecular complexity index is 1410. The third-order valence-corrected chi connectivity index (χ3v) is 5.68. The molecule has 0 spiro atoms. The van der Waals surface area contributed by atoms with E-state index in [2.05, 4.69) is 33.2 Å². The number of nitrogens with zero attached hydrogens (tertiary/aromatic N) is 3. The van der Waals surface area contributed by atoms with Gasteiger partial charge in [0.2, 0.25) is 5.89 Å². The quantitative estimate of drug-likeness (QED) is 0.429. The summed E-state index contributed by atoms with van der Waals surface area (Å²) in [6.07, 6.45) is 1.71. The molecule has 0 amide bonds. The van der Waals surface area contributed by atoms with E-state index >= 15 is 0 Å². The van der Waals surface area contributed by atoms with Crippen LogP contribution in [0.15, 0.2) is 71.4 Å². The van der Waals surface area contributed by atoms with Crippen molar-refractivity contribution in [2.24, 2.45) is 0 Å². The molecule has 0 radical (unpaired) electrons. The standard InChI is InChI=1S/C21H12N4OS/c1-2-4-18-15(3-1)24-20(26-18)12-6-8-19-17(9-12)25-21(27-19)13-5-7-14-16(10-13)23-11-22-14/h1-11H,(H,22,23). The van der Waals surface area contributed by atoms with E-state index in [9.17, 15) is 0 Å². The molecule has 0 saturated carbocycles. The van der Waals surface area contributed by atoms with Gasteiger partial charge in [-0.05, 0) is 48.5 Å².